The molecule has 4 nitrogen and oxygen atoms in total. The van der Waals surface area contributed by atoms with E-state index in [0.29, 0.717) is 12.6 Å². The smallest absolute Gasteiger partial charge is 0.119 e. The number of nitrogens with zero attached hydrogens (tertiary/aromatic N) is 1. The number of rotatable bonds is 5. The maximum Gasteiger partial charge on any atom is 0.119 e. The lowest BCUT2D eigenvalue weighted by Crippen LogP contribution is -2.49. The zero-order chi connectivity index (χ0) is 14.5. The van der Waals surface area contributed by atoms with Crippen molar-refractivity contribution in [3.63, 3.8) is 0 Å². The van der Waals surface area contributed by atoms with Crippen molar-refractivity contribution in [3.8, 4) is 5.75 Å². The van der Waals surface area contributed by atoms with Gasteiger partial charge < -0.3 is 14.8 Å². The van der Waals surface area contributed by atoms with Crippen molar-refractivity contribution >= 4 is 0 Å². The van der Waals surface area contributed by atoms with Gasteiger partial charge in [-0.15, -0.1) is 0 Å². The second kappa shape index (κ2) is 7.25. The molecule has 0 saturated carbocycles. The first-order chi connectivity index (χ1) is 10.3. The third kappa shape index (κ3) is 4.19. The highest BCUT2D eigenvalue weighted by Gasteiger charge is 2.18. The van der Waals surface area contributed by atoms with Crippen LogP contribution in [0, 0.1) is 0 Å². The predicted octanol–water partition coefficient (Wildman–Crippen LogP) is 2.04. The lowest BCUT2D eigenvalue weighted by molar-refractivity contribution is 0.0679. The molecule has 2 saturated heterocycles. The summed E-state index contributed by atoms with van der Waals surface area (Å²) in [6, 6.07) is 9.13. The van der Waals surface area contributed by atoms with Crippen molar-refractivity contribution in [1.82, 2.24) is 10.2 Å². The topological polar surface area (TPSA) is 33.7 Å². The van der Waals surface area contributed by atoms with Gasteiger partial charge in [-0.2, -0.15) is 0 Å². The number of piperazine rings is 1. The van der Waals surface area contributed by atoms with Crippen LogP contribution in [0.3, 0.4) is 0 Å². The van der Waals surface area contributed by atoms with Crippen LogP contribution in [0.1, 0.15) is 25.3 Å². The number of nitrogens with one attached hydrogen (secondary N) is 1. The third-order valence-corrected chi connectivity index (χ3v) is 4.41. The summed E-state index contributed by atoms with van der Waals surface area (Å²) < 4.78 is 11.4. The van der Waals surface area contributed by atoms with Gasteiger partial charge in [0.05, 0.1) is 6.10 Å². The van der Waals surface area contributed by atoms with Crippen LogP contribution < -0.4 is 10.1 Å². The summed E-state index contributed by atoms with van der Waals surface area (Å²) in [4.78, 5) is 2.53. The Morgan fingerprint density at radius 2 is 2.19 bits per heavy atom. The molecular weight excluding hydrogens is 264 g/mol. The van der Waals surface area contributed by atoms with E-state index in [-0.39, 0.29) is 6.10 Å². The maximum absolute atomic E-state index is 5.81. The Bertz CT molecular complexity index is 429. The Hall–Kier alpha value is -1.10. The summed E-state index contributed by atoms with van der Waals surface area (Å²) in [6.07, 6.45) is 2.57. The predicted molar refractivity (Wildman–Crippen MR) is 83.7 cm³/mol. The van der Waals surface area contributed by atoms with E-state index < -0.39 is 0 Å². The molecule has 0 spiro atoms. The minimum Gasteiger partial charge on any atom is -0.491 e. The van der Waals surface area contributed by atoms with Crippen molar-refractivity contribution in [2.75, 3.05) is 32.8 Å². The van der Waals surface area contributed by atoms with Gasteiger partial charge in [-0.25, -0.2) is 0 Å². The summed E-state index contributed by atoms with van der Waals surface area (Å²) in [5.41, 5.74) is 1.35. The lowest BCUT2D eigenvalue weighted by atomic mass is 10.1. The molecule has 4 heteroatoms. The van der Waals surface area contributed by atoms with E-state index >= 15 is 0 Å². The van der Waals surface area contributed by atoms with Crippen LogP contribution in [0.5, 0.6) is 5.75 Å². The molecule has 2 heterocycles. The third-order valence-electron chi connectivity index (χ3n) is 4.41. The Morgan fingerprint density at radius 3 is 2.90 bits per heavy atom. The molecule has 2 fully saturated rings. The van der Waals surface area contributed by atoms with Crippen LogP contribution >= 0.6 is 0 Å². The van der Waals surface area contributed by atoms with Crippen LogP contribution in [-0.4, -0.2) is 49.9 Å². The highest BCUT2D eigenvalue weighted by atomic mass is 16.5. The van der Waals surface area contributed by atoms with E-state index in [1.807, 2.05) is 0 Å². The van der Waals surface area contributed by atoms with Crippen molar-refractivity contribution < 1.29 is 9.47 Å². The zero-order valence-electron chi connectivity index (χ0n) is 12.9. The summed E-state index contributed by atoms with van der Waals surface area (Å²) in [6.45, 7) is 8.16. The van der Waals surface area contributed by atoms with Gasteiger partial charge in [0.15, 0.2) is 0 Å². The fourth-order valence-corrected chi connectivity index (χ4v) is 3.01. The maximum atomic E-state index is 5.81. The van der Waals surface area contributed by atoms with Crippen LogP contribution in [0.15, 0.2) is 24.3 Å². The van der Waals surface area contributed by atoms with Crippen LogP contribution in [-0.2, 0) is 11.3 Å². The number of benzene rings is 1. The quantitative estimate of drug-likeness (QED) is 0.900. The van der Waals surface area contributed by atoms with Gasteiger partial charge in [-0.05, 0) is 37.5 Å². The summed E-state index contributed by atoms with van der Waals surface area (Å²) in [5.74, 6) is 0.947. The molecule has 0 aromatic heterocycles. The van der Waals surface area contributed by atoms with Gasteiger partial charge in [0, 0.05) is 38.8 Å². The highest BCUT2D eigenvalue weighted by Crippen LogP contribution is 2.18. The van der Waals surface area contributed by atoms with Gasteiger partial charge in [0.2, 0.25) is 0 Å². The summed E-state index contributed by atoms with van der Waals surface area (Å²) >= 11 is 0. The molecule has 116 valence electrons. The largest absolute Gasteiger partial charge is 0.491 e. The average Bonchev–Trinajstić information content (AvgIpc) is 3.02. The molecule has 0 bridgehead atoms. The number of hydrogen-bond donors (Lipinski definition) is 1. The molecule has 1 aromatic carbocycles. The summed E-state index contributed by atoms with van der Waals surface area (Å²) in [7, 11) is 0. The van der Waals surface area contributed by atoms with Crippen LogP contribution in [0.2, 0.25) is 0 Å². The van der Waals surface area contributed by atoms with E-state index in [1.54, 1.807) is 0 Å². The molecule has 0 aliphatic carbocycles. The van der Waals surface area contributed by atoms with Gasteiger partial charge in [0.1, 0.15) is 12.4 Å². The molecule has 1 aromatic rings. The zero-order valence-corrected chi connectivity index (χ0v) is 12.9. The number of hydrogen-bond acceptors (Lipinski definition) is 4. The average molecular weight is 290 g/mol. The Balaban J connectivity index is 1.48. The Kier molecular flexibility index (Phi) is 5.12. The van der Waals surface area contributed by atoms with Crippen molar-refractivity contribution in [1.29, 1.82) is 0 Å². The van der Waals surface area contributed by atoms with E-state index in [2.05, 4.69) is 41.4 Å². The molecule has 0 amide bonds. The standard InChI is InChI=1S/C17H26N2O2/c1-14-11-18-8-9-19(14)12-15-4-6-16(7-5-15)21-13-17-3-2-10-20-17/h4-7,14,17-18H,2-3,8-13H2,1H3/t14-,17?/m0/s1. The highest BCUT2D eigenvalue weighted by molar-refractivity contribution is 5.27. The SMILES string of the molecule is C[C@H]1CNCCN1Cc1ccc(OCC2CCCO2)cc1. The minimum absolute atomic E-state index is 0.284. The van der Waals surface area contributed by atoms with E-state index in [1.165, 1.54) is 5.56 Å². The van der Waals surface area contributed by atoms with E-state index in [4.69, 9.17) is 9.47 Å². The van der Waals surface area contributed by atoms with Gasteiger partial charge >= 0.3 is 0 Å². The fourth-order valence-electron chi connectivity index (χ4n) is 3.01. The molecule has 1 N–H and O–H groups in total. The first-order valence-electron chi connectivity index (χ1n) is 8.09. The van der Waals surface area contributed by atoms with E-state index in [0.717, 1.165) is 51.4 Å². The number of ether oxygens (including phenoxy) is 2. The van der Waals surface area contributed by atoms with Gasteiger partial charge in [0.25, 0.3) is 0 Å². The molecule has 0 radical (unpaired) electrons. The molecule has 21 heavy (non-hydrogen) atoms. The normalized spacial score (nSPS) is 26.9. The van der Waals surface area contributed by atoms with Crippen molar-refractivity contribution in [3.05, 3.63) is 29.8 Å². The fraction of sp³-hybridized carbons (Fsp3) is 0.647. The molecule has 1 unspecified atom stereocenters. The van der Waals surface area contributed by atoms with Crippen LogP contribution in [0.4, 0.5) is 0 Å². The molecule has 2 atom stereocenters. The lowest BCUT2D eigenvalue weighted by Gasteiger charge is -2.33. The van der Waals surface area contributed by atoms with Crippen LogP contribution in [0.25, 0.3) is 0 Å². The Morgan fingerprint density at radius 1 is 1.33 bits per heavy atom. The minimum atomic E-state index is 0.284. The van der Waals surface area contributed by atoms with E-state index in [9.17, 15) is 0 Å². The van der Waals surface area contributed by atoms with Gasteiger partial charge in [-0.3, -0.25) is 4.90 Å². The van der Waals surface area contributed by atoms with Gasteiger partial charge in [-0.1, -0.05) is 12.1 Å². The first kappa shape index (κ1) is 14.8. The second-order valence-electron chi connectivity index (χ2n) is 6.11. The van der Waals surface area contributed by atoms with Crippen molar-refractivity contribution in [2.24, 2.45) is 0 Å². The Labute approximate surface area is 127 Å². The molecule has 2 aliphatic rings. The summed E-state index contributed by atoms with van der Waals surface area (Å²) in [5, 5.41) is 3.43. The second-order valence-corrected chi connectivity index (χ2v) is 6.11. The monoisotopic (exact) mass is 290 g/mol. The molecule has 2 aliphatic heterocycles. The molecular formula is C17H26N2O2. The first-order valence-corrected chi connectivity index (χ1v) is 8.09. The molecule has 3 rings (SSSR count). The van der Waals surface area contributed by atoms with Crippen molar-refractivity contribution in [2.45, 2.75) is 38.5 Å².